The summed E-state index contributed by atoms with van der Waals surface area (Å²) in [6.45, 7) is 2.86. The van der Waals surface area contributed by atoms with E-state index in [2.05, 4.69) is 9.97 Å². The molecule has 0 bridgehead atoms. The number of nitrogens with zero attached hydrogens (tertiary/aromatic N) is 1. The molecular formula is C9H13N3O3. The first-order chi connectivity index (χ1) is 7.11. The largest absolute Gasteiger partial charge is 0.383 e. The normalized spacial score (nSPS) is 19.3. The van der Waals surface area contributed by atoms with Gasteiger partial charge in [0.25, 0.3) is 5.56 Å². The van der Waals surface area contributed by atoms with Crippen molar-refractivity contribution in [1.82, 2.24) is 9.97 Å². The lowest BCUT2D eigenvalue weighted by molar-refractivity contribution is -0.140. The van der Waals surface area contributed by atoms with E-state index < -0.39 is 5.79 Å². The zero-order chi connectivity index (χ0) is 10.9. The lowest BCUT2D eigenvalue weighted by Crippen LogP contribution is -2.32. The number of hydrogen-bond acceptors (Lipinski definition) is 5. The Kier molecular flexibility index (Phi) is 2.45. The molecule has 0 radical (unpaired) electrons. The fourth-order valence-electron chi connectivity index (χ4n) is 1.59. The minimum atomic E-state index is -0.760. The third kappa shape index (κ3) is 2.00. The Morgan fingerprint density at radius 1 is 1.60 bits per heavy atom. The SMILES string of the molecule is CC1(Cc2c(N)nc[nH]c2=O)OCCO1. The highest BCUT2D eigenvalue weighted by Gasteiger charge is 2.32. The van der Waals surface area contributed by atoms with E-state index in [0.29, 0.717) is 25.2 Å². The van der Waals surface area contributed by atoms with Gasteiger partial charge in [0.15, 0.2) is 5.79 Å². The van der Waals surface area contributed by atoms with Gasteiger partial charge in [0.2, 0.25) is 0 Å². The summed E-state index contributed by atoms with van der Waals surface area (Å²) < 4.78 is 10.8. The number of nitrogens with two attached hydrogens (primary N) is 1. The number of rotatable bonds is 2. The predicted molar refractivity (Wildman–Crippen MR) is 53.3 cm³/mol. The van der Waals surface area contributed by atoms with Crippen molar-refractivity contribution in [3.05, 3.63) is 22.2 Å². The molecule has 2 heterocycles. The van der Waals surface area contributed by atoms with Gasteiger partial charge in [0.1, 0.15) is 5.82 Å². The number of hydrogen-bond donors (Lipinski definition) is 2. The molecule has 1 aromatic heterocycles. The molecule has 0 amide bonds. The molecule has 82 valence electrons. The molecule has 0 aliphatic carbocycles. The Bertz CT molecular complexity index is 409. The molecular weight excluding hydrogens is 198 g/mol. The Morgan fingerprint density at radius 3 is 2.87 bits per heavy atom. The van der Waals surface area contributed by atoms with Crippen LogP contribution in [-0.2, 0) is 15.9 Å². The van der Waals surface area contributed by atoms with Crippen LogP contribution in [0.4, 0.5) is 5.82 Å². The minimum absolute atomic E-state index is 0.221. The first-order valence-electron chi connectivity index (χ1n) is 4.71. The molecule has 6 nitrogen and oxygen atoms in total. The molecule has 0 spiro atoms. The number of anilines is 1. The van der Waals surface area contributed by atoms with Crippen molar-refractivity contribution in [2.24, 2.45) is 0 Å². The van der Waals surface area contributed by atoms with Crippen molar-refractivity contribution in [3.63, 3.8) is 0 Å². The van der Waals surface area contributed by atoms with Crippen LogP contribution in [0.1, 0.15) is 12.5 Å². The highest BCUT2D eigenvalue weighted by molar-refractivity contribution is 5.37. The van der Waals surface area contributed by atoms with Crippen molar-refractivity contribution < 1.29 is 9.47 Å². The molecule has 0 aromatic carbocycles. The Morgan fingerprint density at radius 2 is 2.27 bits per heavy atom. The van der Waals surface area contributed by atoms with Crippen LogP contribution < -0.4 is 11.3 Å². The standard InChI is InChI=1S/C9H13N3O3/c1-9(14-2-3-15-9)4-6-7(10)11-5-12-8(6)13/h5H,2-4H2,1H3,(H3,10,11,12,13). The first-order valence-corrected chi connectivity index (χ1v) is 4.71. The molecule has 15 heavy (non-hydrogen) atoms. The van der Waals surface area contributed by atoms with Crippen LogP contribution in [0.15, 0.2) is 11.1 Å². The molecule has 0 atom stereocenters. The molecule has 3 N–H and O–H groups in total. The van der Waals surface area contributed by atoms with Gasteiger partial charge in [-0.05, 0) is 6.92 Å². The van der Waals surface area contributed by atoms with E-state index in [9.17, 15) is 4.79 Å². The van der Waals surface area contributed by atoms with E-state index in [-0.39, 0.29) is 11.4 Å². The fourth-order valence-corrected chi connectivity index (χ4v) is 1.59. The van der Waals surface area contributed by atoms with Gasteiger partial charge < -0.3 is 20.2 Å². The van der Waals surface area contributed by atoms with Gasteiger partial charge in [-0.25, -0.2) is 4.98 Å². The summed E-state index contributed by atoms with van der Waals surface area (Å²) in [7, 11) is 0. The van der Waals surface area contributed by atoms with E-state index in [1.807, 2.05) is 0 Å². The summed E-state index contributed by atoms with van der Waals surface area (Å²) in [5, 5.41) is 0. The van der Waals surface area contributed by atoms with Gasteiger partial charge in [0.05, 0.1) is 25.1 Å². The molecule has 2 rings (SSSR count). The Balaban J connectivity index is 2.27. The number of nitrogens with one attached hydrogen (secondary N) is 1. The van der Waals surface area contributed by atoms with Crippen molar-refractivity contribution in [3.8, 4) is 0 Å². The van der Waals surface area contributed by atoms with Crippen LogP contribution in [-0.4, -0.2) is 29.0 Å². The van der Waals surface area contributed by atoms with Crippen LogP contribution in [0.5, 0.6) is 0 Å². The summed E-state index contributed by atoms with van der Waals surface area (Å²) in [5.74, 6) is -0.538. The van der Waals surface area contributed by atoms with E-state index in [1.165, 1.54) is 6.33 Å². The van der Waals surface area contributed by atoms with Crippen LogP contribution in [0, 0.1) is 0 Å². The zero-order valence-electron chi connectivity index (χ0n) is 8.45. The molecule has 6 heteroatoms. The number of H-pyrrole nitrogens is 1. The summed E-state index contributed by atoms with van der Waals surface area (Å²) in [6.07, 6.45) is 1.59. The minimum Gasteiger partial charge on any atom is -0.383 e. The summed E-state index contributed by atoms with van der Waals surface area (Å²) >= 11 is 0. The maximum atomic E-state index is 11.5. The molecule has 0 saturated carbocycles. The van der Waals surface area contributed by atoms with Gasteiger partial charge in [-0.2, -0.15) is 0 Å². The van der Waals surface area contributed by atoms with Crippen LogP contribution in [0.2, 0.25) is 0 Å². The number of aromatic nitrogens is 2. The maximum Gasteiger partial charge on any atom is 0.256 e. The van der Waals surface area contributed by atoms with E-state index >= 15 is 0 Å². The lowest BCUT2D eigenvalue weighted by atomic mass is 10.1. The van der Waals surface area contributed by atoms with E-state index in [4.69, 9.17) is 15.2 Å². The average molecular weight is 211 g/mol. The number of nitrogen functional groups attached to an aromatic ring is 1. The maximum absolute atomic E-state index is 11.5. The molecule has 1 aliphatic heterocycles. The Hall–Kier alpha value is -1.40. The van der Waals surface area contributed by atoms with Gasteiger partial charge in [-0.1, -0.05) is 0 Å². The number of aromatic amines is 1. The van der Waals surface area contributed by atoms with Crippen molar-refractivity contribution in [2.45, 2.75) is 19.1 Å². The van der Waals surface area contributed by atoms with Crippen LogP contribution >= 0.6 is 0 Å². The first kappa shape index (κ1) is 10.1. The summed E-state index contributed by atoms with van der Waals surface area (Å²) in [4.78, 5) is 17.8. The van der Waals surface area contributed by atoms with Crippen LogP contribution in [0.25, 0.3) is 0 Å². The summed E-state index contributed by atoms with van der Waals surface area (Å²) in [5.41, 5.74) is 5.77. The van der Waals surface area contributed by atoms with Crippen molar-refractivity contribution in [1.29, 1.82) is 0 Å². The second-order valence-electron chi connectivity index (χ2n) is 3.60. The van der Waals surface area contributed by atoms with Gasteiger partial charge >= 0.3 is 0 Å². The molecule has 1 fully saturated rings. The van der Waals surface area contributed by atoms with Gasteiger partial charge in [-0.3, -0.25) is 4.79 Å². The average Bonchev–Trinajstić information content (AvgIpc) is 2.60. The highest BCUT2D eigenvalue weighted by atomic mass is 16.7. The second-order valence-corrected chi connectivity index (χ2v) is 3.60. The third-order valence-electron chi connectivity index (χ3n) is 2.38. The van der Waals surface area contributed by atoms with Gasteiger partial charge in [0, 0.05) is 6.42 Å². The lowest BCUT2D eigenvalue weighted by Gasteiger charge is -2.21. The highest BCUT2D eigenvalue weighted by Crippen LogP contribution is 2.23. The van der Waals surface area contributed by atoms with Crippen molar-refractivity contribution >= 4 is 5.82 Å². The smallest absolute Gasteiger partial charge is 0.256 e. The fraction of sp³-hybridized carbons (Fsp3) is 0.556. The van der Waals surface area contributed by atoms with Gasteiger partial charge in [-0.15, -0.1) is 0 Å². The second kappa shape index (κ2) is 3.63. The zero-order valence-corrected chi connectivity index (χ0v) is 8.45. The van der Waals surface area contributed by atoms with E-state index in [1.54, 1.807) is 6.92 Å². The quantitative estimate of drug-likeness (QED) is 0.698. The molecule has 0 unspecified atom stereocenters. The topological polar surface area (TPSA) is 90.2 Å². The number of ether oxygens (including phenoxy) is 2. The molecule has 1 aliphatic rings. The monoisotopic (exact) mass is 211 g/mol. The molecule has 1 saturated heterocycles. The molecule has 1 aromatic rings. The predicted octanol–water partition coefficient (Wildman–Crippen LogP) is -0.342. The van der Waals surface area contributed by atoms with Crippen molar-refractivity contribution in [2.75, 3.05) is 18.9 Å². The summed E-state index contributed by atoms with van der Waals surface area (Å²) in [6, 6.07) is 0. The Labute approximate surface area is 86.4 Å². The third-order valence-corrected chi connectivity index (χ3v) is 2.38. The van der Waals surface area contributed by atoms with Crippen LogP contribution in [0.3, 0.4) is 0 Å². The van der Waals surface area contributed by atoms with E-state index in [0.717, 1.165) is 0 Å².